The number of aryl methyl sites for hydroxylation is 1. The van der Waals surface area contributed by atoms with Crippen molar-refractivity contribution in [2.75, 3.05) is 29.9 Å². The molecule has 3 aliphatic rings. The third kappa shape index (κ3) is 5.09. The number of carbonyl (C=O) groups excluding carboxylic acids is 1. The van der Waals surface area contributed by atoms with Gasteiger partial charge in [0.1, 0.15) is 17.5 Å². The fourth-order valence-electron chi connectivity index (χ4n) is 7.71. The normalized spacial score (nSPS) is 20.9. The average Bonchev–Trinajstić information content (AvgIpc) is 3.77. The van der Waals surface area contributed by atoms with Crippen molar-refractivity contribution in [3.63, 3.8) is 0 Å². The molecule has 1 aromatic carbocycles. The van der Waals surface area contributed by atoms with Crippen LogP contribution in [0.1, 0.15) is 79.4 Å². The lowest BCUT2D eigenvalue weighted by atomic mass is 9.95. The predicted molar refractivity (Wildman–Crippen MR) is 169 cm³/mol. The maximum absolute atomic E-state index is 13.5. The van der Waals surface area contributed by atoms with Crippen LogP contribution < -0.4 is 15.8 Å². The van der Waals surface area contributed by atoms with E-state index in [0.717, 1.165) is 75.0 Å². The van der Waals surface area contributed by atoms with E-state index >= 15 is 0 Å². The number of nitrogens with zero attached hydrogens (tertiary/aromatic N) is 6. The molecule has 222 valence electrons. The fourth-order valence-corrected chi connectivity index (χ4v) is 7.71. The second-order valence-corrected chi connectivity index (χ2v) is 12.5. The minimum atomic E-state index is -0.200. The Balaban J connectivity index is 1.10. The first-order chi connectivity index (χ1) is 20.9. The Morgan fingerprint density at radius 2 is 1.77 bits per heavy atom. The van der Waals surface area contributed by atoms with Crippen molar-refractivity contribution >= 4 is 34.1 Å². The number of fused-ring (bicyclic) bond motifs is 1. The summed E-state index contributed by atoms with van der Waals surface area (Å²) < 4.78 is 1.83. The highest BCUT2D eigenvalue weighted by molar-refractivity contribution is 6.00. The van der Waals surface area contributed by atoms with Crippen LogP contribution in [0.2, 0.25) is 0 Å². The summed E-state index contributed by atoms with van der Waals surface area (Å²) in [6.07, 6.45) is 13.0. The molecule has 1 aliphatic carbocycles. The van der Waals surface area contributed by atoms with Gasteiger partial charge in [0, 0.05) is 48.9 Å². The molecule has 0 radical (unpaired) electrons. The molecule has 43 heavy (non-hydrogen) atoms. The van der Waals surface area contributed by atoms with Crippen LogP contribution in [0.25, 0.3) is 10.9 Å². The van der Waals surface area contributed by atoms with Crippen LogP contribution in [-0.2, 0) is 6.54 Å². The highest BCUT2D eigenvalue weighted by atomic mass is 16.1. The van der Waals surface area contributed by atoms with Gasteiger partial charge in [-0.05, 0) is 63.6 Å². The molecule has 3 aromatic heterocycles. The number of nitrogens with one attached hydrogen (secondary N) is 1. The molecular formula is C34H39N7O2. The van der Waals surface area contributed by atoms with Crippen LogP contribution in [0.3, 0.4) is 0 Å². The van der Waals surface area contributed by atoms with E-state index in [2.05, 4.69) is 50.4 Å². The van der Waals surface area contributed by atoms with Gasteiger partial charge in [-0.15, -0.1) is 0 Å². The smallest absolute Gasteiger partial charge is 0.262 e. The van der Waals surface area contributed by atoms with E-state index in [9.17, 15) is 9.59 Å². The van der Waals surface area contributed by atoms with Crippen molar-refractivity contribution in [2.24, 2.45) is 0 Å². The number of pyridine rings is 2. The van der Waals surface area contributed by atoms with Gasteiger partial charge in [0.05, 0.1) is 23.5 Å². The van der Waals surface area contributed by atoms with E-state index < -0.39 is 0 Å². The van der Waals surface area contributed by atoms with Crippen molar-refractivity contribution in [3.05, 3.63) is 82.0 Å². The minimum absolute atomic E-state index is 0.0928. The number of carbonyl (C=O) groups is 1. The maximum Gasteiger partial charge on any atom is 0.262 e. The highest BCUT2D eigenvalue weighted by Gasteiger charge is 2.46. The Morgan fingerprint density at radius 1 is 0.977 bits per heavy atom. The van der Waals surface area contributed by atoms with Gasteiger partial charge in [-0.3, -0.25) is 14.5 Å². The number of ketones is 1. The quantitative estimate of drug-likeness (QED) is 0.275. The van der Waals surface area contributed by atoms with E-state index in [1.807, 2.05) is 23.8 Å². The van der Waals surface area contributed by atoms with Crippen molar-refractivity contribution in [2.45, 2.75) is 76.9 Å². The number of benzene rings is 1. The van der Waals surface area contributed by atoms with Crippen LogP contribution in [-0.4, -0.2) is 55.4 Å². The summed E-state index contributed by atoms with van der Waals surface area (Å²) in [6.45, 7) is 7.38. The van der Waals surface area contributed by atoms with E-state index in [4.69, 9.17) is 9.97 Å². The van der Waals surface area contributed by atoms with Crippen molar-refractivity contribution < 1.29 is 4.79 Å². The zero-order chi connectivity index (χ0) is 29.6. The highest BCUT2D eigenvalue weighted by Crippen LogP contribution is 2.40. The van der Waals surface area contributed by atoms with Crippen LogP contribution in [0.15, 0.2) is 59.8 Å². The monoisotopic (exact) mass is 577 g/mol. The van der Waals surface area contributed by atoms with E-state index in [-0.39, 0.29) is 28.5 Å². The minimum Gasteiger partial charge on any atom is -0.353 e. The lowest BCUT2D eigenvalue weighted by molar-refractivity contribution is 0.101. The molecule has 1 spiro atoms. The molecule has 1 unspecified atom stereocenters. The lowest BCUT2D eigenvalue weighted by Crippen LogP contribution is -2.45. The van der Waals surface area contributed by atoms with E-state index in [0.29, 0.717) is 17.2 Å². The number of aromatic nitrogens is 4. The maximum atomic E-state index is 13.5. The van der Waals surface area contributed by atoms with Gasteiger partial charge in [0.25, 0.3) is 5.56 Å². The number of hydrogen-bond acceptors (Lipinski definition) is 8. The van der Waals surface area contributed by atoms with Gasteiger partial charge in [0.2, 0.25) is 0 Å². The van der Waals surface area contributed by atoms with Gasteiger partial charge in [-0.1, -0.05) is 43.2 Å². The van der Waals surface area contributed by atoms with Crippen LogP contribution >= 0.6 is 0 Å². The molecule has 2 aliphatic heterocycles. The first-order valence-corrected chi connectivity index (χ1v) is 15.6. The zero-order valence-electron chi connectivity index (χ0n) is 25.1. The SMILES string of the molecule is CC(=O)c1c(C)c2cnc(Nc3cnc(N4CCC5(CCCN5Cc5ccccc5)C4)cn3)cc2n(C2CCCC2)c1=O. The molecule has 1 atom stereocenters. The Bertz CT molecular complexity index is 1710. The summed E-state index contributed by atoms with van der Waals surface area (Å²) in [6, 6.07) is 12.8. The molecule has 0 bridgehead atoms. The molecule has 2 saturated heterocycles. The summed E-state index contributed by atoms with van der Waals surface area (Å²) in [5.74, 6) is 1.89. The second kappa shape index (κ2) is 11.2. The largest absolute Gasteiger partial charge is 0.353 e. The summed E-state index contributed by atoms with van der Waals surface area (Å²) >= 11 is 0. The van der Waals surface area contributed by atoms with Gasteiger partial charge in [0.15, 0.2) is 5.78 Å². The molecule has 5 heterocycles. The molecule has 4 aromatic rings. The van der Waals surface area contributed by atoms with Crippen LogP contribution in [0, 0.1) is 6.92 Å². The van der Waals surface area contributed by atoms with Crippen molar-refractivity contribution in [1.82, 2.24) is 24.4 Å². The Kier molecular flexibility index (Phi) is 7.21. The standard InChI is InChI=1S/C34H39N7O2/c1-23-27-18-35-29(17-28(27)41(26-11-6-7-12-26)33(43)32(23)24(2)42)38-30-19-37-31(20-36-30)39-16-14-34(22-39)13-8-15-40(34)21-25-9-4-3-5-10-25/h3-5,9-10,17-20,26H,6-8,11-16,21-22H2,1-2H3,(H,35,36,38). The third-order valence-corrected chi connectivity index (χ3v) is 9.90. The third-order valence-electron chi connectivity index (χ3n) is 9.90. The molecule has 9 nitrogen and oxygen atoms in total. The summed E-state index contributed by atoms with van der Waals surface area (Å²) in [5.41, 5.74) is 3.14. The fraction of sp³-hybridized carbons (Fsp3) is 0.441. The molecule has 9 heteroatoms. The number of anilines is 3. The van der Waals surface area contributed by atoms with Crippen LogP contribution in [0.4, 0.5) is 17.5 Å². The molecule has 0 amide bonds. The number of hydrogen-bond donors (Lipinski definition) is 1. The second-order valence-electron chi connectivity index (χ2n) is 12.5. The summed E-state index contributed by atoms with van der Waals surface area (Å²) in [5, 5.41) is 4.13. The van der Waals surface area contributed by atoms with Gasteiger partial charge >= 0.3 is 0 Å². The van der Waals surface area contributed by atoms with Crippen molar-refractivity contribution in [3.8, 4) is 0 Å². The first-order valence-electron chi connectivity index (χ1n) is 15.6. The Labute approximate surface area is 252 Å². The average molecular weight is 578 g/mol. The van der Waals surface area contributed by atoms with Crippen molar-refractivity contribution in [1.29, 1.82) is 0 Å². The molecule has 1 saturated carbocycles. The summed E-state index contributed by atoms with van der Waals surface area (Å²) in [7, 11) is 0. The van der Waals surface area contributed by atoms with Crippen LogP contribution in [0.5, 0.6) is 0 Å². The molecule has 1 N–H and O–H groups in total. The number of Topliss-reactive ketones (excluding diaryl/α,β-unsaturated/α-hetero) is 1. The first kappa shape index (κ1) is 27.7. The van der Waals surface area contributed by atoms with Gasteiger partial charge < -0.3 is 14.8 Å². The topological polar surface area (TPSA) is 96.2 Å². The molecule has 7 rings (SSSR count). The van der Waals surface area contributed by atoms with Gasteiger partial charge in [-0.2, -0.15) is 0 Å². The van der Waals surface area contributed by atoms with Gasteiger partial charge in [-0.25, -0.2) is 15.0 Å². The number of rotatable bonds is 7. The molecule has 3 fully saturated rings. The Hall–Kier alpha value is -4.11. The van der Waals surface area contributed by atoms with E-state index in [1.165, 1.54) is 25.3 Å². The summed E-state index contributed by atoms with van der Waals surface area (Å²) in [4.78, 5) is 45.1. The predicted octanol–water partition coefficient (Wildman–Crippen LogP) is 5.80. The lowest BCUT2D eigenvalue weighted by Gasteiger charge is -2.35. The van der Waals surface area contributed by atoms with E-state index in [1.54, 1.807) is 12.4 Å². The zero-order valence-corrected chi connectivity index (χ0v) is 25.1. The number of likely N-dealkylation sites (tertiary alicyclic amines) is 1. The molecular weight excluding hydrogens is 538 g/mol. The Morgan fingerprint density at radius 3 is 2.51 bits per heavy atom.